The van der Waals surface area contributed by atoms with Crippen molar-refractivity contribution in [2.75, 3.05) is 6.61 Å². The summed E-state index contributed by atoms with van der Waals surface area (Å²) in [6, 6.07) is 9.52. The maximum atomic E-state index is 14.1. The van der Waals surface area contributed by atoms with E-state index in [-0.39, 0.29) is 13.0 Å². The van der Waals surface area contributed by atoms with Gasteiger partial charge in [0.05, 0.1) is 11.7 Å². The molecule has 2 aromatic rings. The maximum absolute atomic E-state index is 14.1. The number of esters is 1. The molecule has 3 atom stereocenters. The lowest BCUT2D eigenvalue weighted by atomic mass is 10.2. The second-order valence-electron chi connectivity index (χ2n) is 5.38. The van der Waals surface area contributed by atoms with Crippen LogP contribution >= 0.6 is 0 Å². The van der Waals surface area contributed by atoms with Gasteiger partial charge in [-0.1, -0.05) is 18.2 Å². The van der Waals surface area contributed by atoms with Crippen LogP contribution in [0.5, 0.6) is 0 Å². The lowest BCUT2D eigenvalue weighted by Gasteiger charge is -2.16. The first-order valence-corrected chi connectivity index (χ1v) is 7.38. The zero-order chi connectivity index (χ0) is 17.1. The van der Waals surface area contributed by atoms with Crippen molar-refractivity contribution < 1.29 is 18.7 Å². The molecule has 2 heterocycles. The Labute approximate surface area is 135 Å². The van der Waals surface area contributed by atoms with Gasteiger partial charge in [-0.25, -0.2) is 14.0 Å². The Morgan fingerprint density at radius 1 is 1.29 bits per heavy atom. The summed E-state index contributed by atoms with van der Waals surface area (Å²) in [6.45, 7) is -0.122. The normalized spacial score (nSPS) is 23.1. The number of hydrogen-bond donors (Lipinski definition) is 1. The van der Waals surface area contributed by atoms with Crippen molar-refractivity contribution in [2.24, 2.45) is 0 Å². The molecule has 8 heteroatoms. The van der Waals surface area contributed by atoms with Gasteiger partial charge in [0.1, 0.15) is 12.8 Å². The third-order valence-electron chi connectivity index (χ3n) is 3.66. The summed E-state index contributed by atoms with van der Waals surface area (Å²) in [5, 5.41) is 0. The standard InChI is InChI=1S/C16H15FN2O5/c17-12-8-11(9-23-15(21)10-4-2-1-3-5-10)24-14(12)19-7-6-13(20)18-16(19)22/h1-7,11-12,14H,8-9H2,(H,18,20,22)/t11-,12+,14+/m0/s1. The molecule has 1 saturated heterocycles. The predicted octanol–water partition coefficient (Wildman–Crippen LogP) is 1.02. The van der Waals surface area contributed by atoms with Crippen molar-refractivity contribution in [2.45, 2.75) is 24.9 Å². The molecule has 0 amide bonds. The van der Waals surface area contributed by atoms with Crippen molar-refractivity contribution in [1.82, 2.24) is 9.55 Å². The largest absolute Gasteiger partial charge is 0.459 e. The van der Waals surface area contributed by atoms with Crippen molar-refractivity contribution in [1.29, 1.82) is 0 Å². The van der Waals surface area contributed by atoms with E-state index in [9.17, 15) is 18.8 Å². The second-order valence-corrected chi connectivity index (χ2v) is 5.38. The minimum absolute atomic E-state index is 0.0156. The predicted molar refractivity (Wildman–Crippen MR) is 81.5 cm³/mol. The smallest absolute Gasteiger partial charge is 0.338 e. The summed E-state index contributed by atoms with van der Waals surface area (Å²) < 4.78 is 25.7. The number of hydrogen-bond acceptors (Lipinski definition) is 5. The lowest BCUT2D eigenvalue weighted by Crippen LogP contribution is -2.34. The first kappa shape index (κ1) is 16.1. The van der Waals surface area contributed by atoms with E-state index in [2.05, 4.69) is 0 Å². The number of aromatic amines is 1. The molecule has 0 spiro atoms. The van der Waals surface area contributed by atoms with Crippen LogP contribution in [0.3, 0.4) is 0 Å². The Balaban J connectivity index is 1.63. The van der Waals surface area contributed by atoms with Gasteiger partial charge in [0, 0.05) is 18.7 Å². The minimum atomic E-state index is -1.45. The van der Waals surface area contributed by atoms with Crippen LogP contribution in [0.2, 0.25) is 0 Å². The van der Waals surface area contributed by atoms with E-state index in [4.69, 9.17) is 9.47 Å². The third-order valence-corrected chi connectivity index (χ3v) is 3.66. The molecule has 0 aliphatic carbocycles. The number of ether oxygens (including phenoxy) is 2. The van der Waals surface area contributed by atoms with Crippen LogP contribution in [0, 0.1) is 0 Å². The SMILES string of the molecule is O=C(OC[C@@H]1C[C@@H](F)[C@H](n2ccc(=O)[nH]c2=O)O1)c1ccccc1. The summed E-state index contributed by atoms with van der Waals surface area (Å²) in [6.07, 6.45) is -2.12. The van der Waals surface area contributed by atoms with E-state index in [1.54, 1.807) is 30.3 Å². The fraction of sp³-hybridized carbons (Fsp3) is 0.312. The van der Waals surface area contributed by atoms with Crippen LogP contribution in [-0.2, 0) is 9.47 Å². The first-order valence-electron chi connectivity index (χ1n) is 7.38. The number of rotatable bonds is 4. The molecule has 0 unspecified atom stereocenters. The highest BCUT2D eigenvalue weighted by atomic mass is 19.1. The Morgan fingerprint density at radius 2 is 2.04 bits per heavy atom. The lowest BCUT2D eigenvalue weighted by molar-refractivity contribution is -0.0456. The van der Waals surface area contributed by atoms with E-state index < -0.39 is 35.7 Å². The van der Waals surface area contributed by atoms with Crippen molar-refractivity contribution in [3.8, 4) is 0 Å². The van der Waals surface area contributed by atoms with E-state index in [0.29, 0.717) is 5.56 Å². The third kappa shape index (κ3) is 3.43. The Kier molecular flexibility index (Phi) is 4.57. The van der Waals surface area contributed by atoms with Crippen molar-refractivity contribution in [3.63, 3.8) is 0 Å². The summed E-state index contributed by atoms with van der Waals surface area (Å²) in [4.78, 5) is 36.7. The average Bonchev–Trinajstić information content (AvgIpc) is 2.94. The summed E-state index contributed by atoms with van der Waals surface area (Å²) in [7, 11) is 0. The van der Waals surface area contributed by atoms with Gasteiger partial charge < -0.3 is 9.47 Å². The topological polar surface area (TPSA) is 90.4 Å². The molecule has 1 aliphatic rings. The summed E-state index contributed by atoms with van der Waals surface area (Å²) in [5.74, 6) is -0.528. The number of halogens is 1. The number of benzene rings is 1. The number of nitrogens with one attached hydrogen (secondary N) is 1. The molecule has 3 rings (SSSR count). The van der Waals surface area contributed by atoms with Gasteiger partial charge in [-0.3, -0.25) is 14.3 Å². The zero-order valence-electron chi connectivity index (χ0n) is 12.6. The number of carbonyl (C=O) groups excluding carboxylic acids is 1. The number of aromatic nitrogens is 2. The molecule has 1 fully saturated rings. The van der Waals surface area contributed by atoms with Crippen LogP contribution in [0.4, 0.5) is 4.39 Å². The van der Waals surface area contributed by atoms with Gasteiger partial charge in [-0.05, 0) is 12.1 Å². The molecule has 7 nitrogen and oxygen atoms in total. The minimum Gasteiger partial charge on any atom is -0.459 e. The van der Waals surface area contributed by atoms with Crippen LogP contribution in [-0.4, -0.2) is 34.4 Å². The fourth-order valence-electron chi connectivity index (χ4n) is 2.51. The van der Waals surface area contributed by atoms with E-state index in [1.165, 1.54) is 6.20 Å². The maximum Gasteiger partial charge on any atom is 0.338 e. The van der Waals surface area contributed by atoms with Crippen LogP contribution < -0.4 is 11.2 Å². The van der Waals surface area contributed by atoms with Crippen LogP contribution in [0.15, 0.2) is 52.2 Å². The number of carbonyl (C=O) groups is 1. The van der Waals surface area contributed by atoms with Gasteiger partial charge in [-0.15, -0.1) is 0 Å². The van der Waals surface area contributed by atoms with E-state index in [0.717, 1.165) is 10.6 Å². The molecule has 0 radical (unpaired) electrons. The molecular weight excluding hydrogens is 319 g/mol. The van der Waals surface area contributed by atoms with Crippen LogP contribution in [0.25, 0.3) is 0 Å². The Hall–Kier alpha value is -2.74. The van der Waals surface area contributed by atoms with Gasteiger partial charge in [0.25, 0.3) is 5.56 Å². The molecular formula is C16H15FN2O5. The van der Waals surface area contributed by atoms with Crippen molar-refractivity contribution in [3.05, 3.63) is 69.0 Å². The molecule has 0 saturated carbocycles. The molecule has 1 aromatic carbocycles. The first-order chi connectivity index (χ1) is 11.5. The zero-order valence-corrected chi connectivity index (χ0v) is 12.6. The van der Waals surface area contributed by atoms with Crippen molar-refractivity contribution >= 4 is 5.97 Å². The van der Waals surface area contributed by atoms with Gasteiger partial charge in [0.15, 0.2) is 6.23 Å². The fourth-order valence-corrected chi connectivity index (χ4v) is 2.51. The molecule has 126 valence electrons. The number of nitrogens with zero attached hydrogens (tertiary/aromatic N) is 1. The second kappa shape index (κ2) is 6.79. The highest BCUT2D eigenvalue weighted by Gasteiger charge is 2.37. The molecule has 1 aromatic heterocycles. The number of H-pyrrole nitrogens is 1. The Bertz CT molecular complexity index is 832. The quantitative estimate of drug-likeness (QED) is 0.843. The average molecular weight is 334 g/mol. The monoisotopic (exact) mass is 334 g/mol. The molecule has 24 heavy (non-hydrogen) atoms. The summed E-state index contributed by atoms with van der Waals surface area (Å²) >= 11 is 0. The number of alkyl halides is 1. The van der Waals surface area contributed by atoms with Gasteiger partial charge in [-0.2, -0.15) is 0 Å². The summed E-state index contributed by atoms with van der Waals surface area (Å²) in [5.41, 5.74) is -0.934. The van der Waals surface area contributed by atoms with E-state index >= 15 is 0 Å². The molecule has 1 aliphatic heterocycles. The molecule has 1 N–H and O–H groups in total. The highest BCUT2D eigenvalue weighted by molar-refractivity contribution is 5.89. The molecule has 0 bridgehead atoms. The van der Waals surface area contributed by atoms with Crippen LogP contribution in [0.1, 0.15) is 23.0 Å². The van der Waals surface area contributed by atoms with Gasteiger partial charge in [0.2, 0.25) is 0 Å². The van der Waals surface area contributed by atoms with E-state index in [1.807, 2.05) is 4.98 Å². The Morgan fingerprint density at radius 3 is 2.75 bits per heavy atom. The highest BCUT2D eigenvalue weighted by Crippen LogP contribution is 2.30. The van der Waals surface area contributed by atoms with Gasteiger partial charge >= 0.3 is 11.7 Å².